The summed E-state index contributed by atoms with van der Waals surface area (Å²) in [5.74, 6) is -1.11. The van der Waals surface area contributed by atoms with Crippen LogP contribution in [0.4, 0.5) is 37.8 Å². The average Bonchev–Trinajstić information content (AvgIpc) is 3.08. The normalized spacial score (nSPS) is 12.3. The van der Waals surface area contributed by atoms with Crippen molar-refractivity contribution < 1.29 is 26.3 Å². The van der Waals surface area contributed by atoms with Crippen LogP contribution < -0.4 is 5.32 Å². The number of anilines is 2. The first kappa shape index (κ1) is 19.7. The summed E-state index contributed by atoms with van der Waals surface area (Å²) >= 11 is 0. The highest BCUT2D eigenvalue weighted by molar-refractivity contribution is 5.74. The minimum absolute atomic E-state index is 0.0743. The second kappa shape index (κ2) is 7.01. The van der Waals surface area contributed by atoms with Gasteiger partial charge in [-0.15, -0.1) is 0 Å². The van der Waals surface area contributed by atoms with Crippen LogP contribution >= 0.6 is 0 Å². The van der Waals surface area contributed by atoms with Crippen molar-refractivity contribution in [3.63, 3.8) is 0 Å². The van der Waals surface area contributed by atoms with E-state index in [1.54, 1.807) is 0 Å². The van der Waals surface area contributed by atoms with Crippen LogP contribution in [0.3, 0.4) is 0 Å². The molecule has 0 fully saturated rings. The number of halogens is 6. The van der Waals surface area contributed by atoms with Crippen molar-refractivity contribution in [3.05, 3.63) is 72.2 Å². The number of fused-ring (bicyclic) bond motifs is 1. The number of nitrogens with zero attached hydrogens (tertiary/aromatic N) is 4. The van der Waals surface area contributed by atoms with Crippen LogP contribution in [0.25, 0.3) is 17.0 Å². The Balaban J connectivity index is 1.73. The van der Waals surface area contributed by atoms with Gasteiger partial charge in [0.15, 0.2) is 5.65 Å². The van der Waals surface area contributed by atoms with Gasteiger partial charge in [-0.2, -0.15) is 26.3 Å². The number of hydrogen-bond donors (Lipinski definition) is 1. The van der Waals surface area contributed by atoms with Crippen molar-refractivity contribution >= 4 is 22.7 Å². The minimum Gasteiger partial charge on any atom is -0.340 e. The molecule has 0 unspecified atom stereocenters. The SMILES string of the molecule is FC(F)(F)c1ccc(Nc2cccc(-n3c(C(F)(F)F)nc4ncccc43)n2)cc1. The molecule has 4 rings (SSSR count). The van der Waals surface area contributed by atoms with E-state index in [4.69, 9.17) is 0 Å². The molecule has 0 bridgehead atoms. The van der Waals surface area contributed by atoms with Crippen LogP contribution in [-0.2, 0) is 12.4 Å². The molecule has 0 aliphatic carbocycles. The maximum atomic E-state index is 13.5. The van der Waals surface area contributed by atoms with E-state index in [1.165, 1.54) is 48.7 Å². The lowest BCUT2D eigenvalue weighted by Crippen LogP contribution is -2.15. The zero-order valence-corrected chi connectivity index (χ0v) is 14.8. The van der Waals surface area contributed by atoms with E-state index in [-0.39, 0.29) is 22.8 Å². The van der Waals surface area contributed by atoms with E-state index in [0.29, 0.717) is 5.69 Å². The molecule has 0 saturated carbocycles. The van der Waals surface area contributed by atoms with Gasteiger partial charge in [0.2, 0.25) is 5.82 Å². The van der Waals surface area contributed by atoms with Gasteiger partial charge in [-0.1, -0.05) is 6.07 Å². The molecule has 0 saturated heterocycles. The molecular formula is C19H11F6N5. The van der Waals surface area contributed by atoms with Gasteiger partial charge in [0.05, 0.1) is 11.1 Å². The zero-order chi connectivity index (χ0) is 21.5. The Kier molecular flexibility index (Phi) is 4.60. The van der Waals surface area contributed by atoms with E-state index in [0.717, 1.165) is 16.7 Å². The molecule has 30 heavy (non-hydrogen) atoms. The summed E-state index contributed by atoms with van der Waals surface area (Å²) in [7, 11) is 0. The molecule has 3 aromatic heterocycles. The molecule has 3 heterocycles. The number of hydrogen-bond acceptors (Lipinski definition) is 4. The Morgan fingerprint density at radius 3 is 2.17 bits per heavy atom. The molecule has 5 nitrogen and oxygen atoms in total. The summed E-state index contributed by atoms with van der Waals surface area (Å²) in [6, 6.07) is 11.4. The zero-order valence-electron chi connectivity index (χ0n) is 14.8. The van der Waals surface area contributed by atoms with Crippen LogP contribution in [0.2, 0.25) is 0 Å². The van der Waals surface area contributed by atoms with Crippen LogP contribution in [0.5, 0.6) is 0 Å². The molecule has 11 heteroatoms. The lowest BCUT2D eigenvalue weighted by atomic mass is 10.2. The second-order valence-electron chi connectivity index (χ2n) is 6.20. The topological polar surface area (TPSA) is 55.6 Å². The maximum absolute atomic E-state index is 13.5. The summed E-state index contributed by atoms with van der Waals surface area (Å²) in [4.78, 5) is 11.6. The third-order valence-corrected chi connectivity index (χ3v) is 4.13. The van der Waals surface area contributed by atoms with Gasteiger partial charge in [0.1, 0.15) is 11.6 Å². The van der Waals surface area contributed by atoms with Crippen molar-refractivity contribution in [2.45, 2.75) is 12.4 Å². The first-order chi connectivity index (χ1) is 14.1. The molecule has 0 spiro atoms. The molecule has 0 atom stereocenters. The van der Waals surface area contributed by atoms with Crippen LogP contribution in [0.15, 0.2) is 60.8 Å². The highest BCUT2D eigenvalue weighted by Crippen LogP contribution is 2.33. The summed E-state index contributed by atoms with van der Waals surface area (Å²) < 4.78 is 79.4. The Labute approximate surface area is 165 Å². The van der Waals surface area contributed by atoms with Gasteiger partial charge < -0.3 is 5.32 Å². The summed E-state index contributed by atoms with van der Waals surface area (Å²) in [5.41, 5.74) is -0.500. The van der Waals surface area contributed by atoms with Gasteiger partial charge >= 0.3 is 12.4 Å². The van der Waals surface area contributed by atoms with Crippen LogP contribution in [0.1, 0.15) is 11.4 Å². The predicted molar refractivity (Wildman–Crippen MR) is 96.4 cm³/mol. The molecule has 0 aliphatic heterocycles. The quantitative estimate of drug-likeness (QED) is 0.436. The van der Waals surface area contributed by atoms with Gasteiger partial charge in [0, 0.05) is 11.9 Å². The lowest BCUT2D eigenvalue weighted by Gasteiger charge is -2.13. The Morgan fingerprint density at radius 2 is 1.50 bits per heavy atom. The first-order valence-electron chi connectivity index (χ1n) is 8.45. The molecule has 1 aromatic carbocycles. The highest BCUT2D eigenvalue weighted by Gasteiger charge is 2.38. The standard InChI is InChI=1S/C19H11F6N5/c20-18(21,22)11-6-8-12(9-7-11)27-14-4-1-5-15(28-14)30-13-3-2-10-26-16(13)29-17(30)19(23,24)25/h1-10H,(H,27,28). The van der Waals surface area contributed by atoms with Crippen molar-refractivity contribution in [1.82, 2.24) is 19.5 Å². The van der Waals surface area contributed by atoms with E-state index >= 15 is 0 Å². The first-order valence-corrected chi connectivity index (χ1v) is 8.45. The van der Waals surface area contributed by atoms with Crippen molar-refractivity contribution in [2.24, 2.45) is 0 Å². The largest absolute Gasteiger partial charge is 0.450 e. The molecule has 0 aliphatic rings. The predicted octanol–water partition coefficient (Wildman–Crippen LogP) is 5.60. The third kappa shape index (κ3) is 3.78. The van der Waals surface area contributed by atoms with Crippen LogP contribution in [0, 0.1) is 0 Å². The van der Waals surface area contributed by atoms with Crippen molar-refractivity contribution in [2.75, 3.05) is 5.32 Å². The second-order valence-corrected chi connectivity index (χ2v) is 6.20. The molecule has 1 N–H and O–H groups in total. The Hall–Kier alpha value is -3.63. The highest BCUT2D eigenvalue weighted by atomic mass is 19.4. The molecule has 0 amide bonds. The van der Waals surface area contributed by atoms with Crippen molar-refractivity contribution in [3.8, 4) is 5.82 Å². The van der Waals surface area contributed by atoms with E-state index < -0.39 is 23.7 Å². The Bertz CT molecular complexity index is 1190. The smallest absolute Gasteiger partial charge is 0.340 e. The number of aromatic nitrogens is 4. The maximum Gasteiger partial charge on any atom is 0.450 e. The minimum atomic E-state index is -4.75. The number of imidazole rings is 1. The van der Waals surface area contributed by atoms with E-state index in [9.17, 15) is 26.3 Å². The number of pyridine rings is 2. The van der Waals surface area contributed by atoms with Gasteiger partial charge in [0.25, 0.3) is 0 Å². The molecular weight excluding hydrogens is 412 g/mol. The van der Waals surface area contributed by atoms with Gasteiger partial charge in [-0.25, -0.2) is 15.0 Å². The fraction of sp³-hybridized carbons (Fsp3) is 0.105. The number of nitrogens with one attached hydrogen (secondary N) is 1. The number of alkyl halides is 6. The lowest BCUT2D eigenvalue weighted by molar-refractivity contribution is -0.145. The molecule has 154 valence electrons. The van der Waals surface area contributed by atoms with Crippen molar-refractivity contribution in [1.29, 1.82) is 0 Å². The fourth-order valence-electron chi connectivity index (χ4n) is 2.84. The van der Waals surface area contributed by atoms with Gasteiger partial charge in [-0.05, 0) is 48.5 Å². The van der Waals surface area contributed by atoms with E-state index in [1.807, 2.05) is 0 Å². The molecule has 4 aromatic rings. The number of rotatable bonds is 3. The summed E-state index contributed by atoms with van der Waals surface area (Å²) in [5, 5.41) is 2.78. The van der Waals surface area contributed by atoms with Gasteiger partial charge in [-0.3, -0.25) is 4.57 Å². The summed E-state index contributed by atoms with van der Waals surface area (Å²) in [6.07, 6.45) is -7.89. The third-order valence-electron chi connectivity index (χ3n) is 4.13. The molecule has 0 radical (unpaired) electrons. The average molecular weight is 423 g/mol. The van der Waals surface area contributed by atoms with Crippen LogP contribution in [-0.4, -0.2) is 19.5 Å². The fourth-order valence-corrected chi connectivity index (χ4v) is 2.84. The summed E-state index contributed by atoms with van der Waals surface area (Å²) in [6.45, 7) is 0. The Morgan fingerprint density at radius 1 is 0.767 bits per heavy atom. The number of benzene rings is 1. The monoisotopic (exact) mass is 423 g/mol. The van der Waals surface area contributed by atoms with E-state index in [2.05, 4.69) is 20.3 Å².